The van der Waals surface area contributed by atoms with Crippen LogP contribution in [0.15, 0.2) is 54.0 Å². The van der Waals surface area contributed by atoms with Gasteiger partial charge in [-0.3, -0.25) is 4.90 Å². The first-order valence-corrected chi connectivity index (χ1v) is 10.2. The van der Waals surface area contributed by atoms with E-state index < -0.39 is 0 Å². The fourth-order valence-corrected chi connectivity index (χ4v) is 4.82. The third kappa shape index (κ3) is 2.89. The van der Waals surface area contributed by atoms with E-state index >= 15 is 4.39 Å². The molecule has 1 aliphatic rings. The Bertz CT molecular complexity index is 1120. The third-order valence-corrected chi connectivity index (χ3v) is 6.22. The number of methoxy groups -OCH3 is 1. The molecule has 0 saturated heterocycles. The molecule has 6 heteroatoms. The van der Waals surface area contributed by atoms with Crippen LogP contribution in [0, 0.1) is 5.82 Å². The Morgan fingerprint density at radius 2 is 2.18 bits per heavy atom. The predicted molar refractivity (Wildman–Crippen MR) is 109 cm³/mol. The van der Waals surface area contributed by atoms with Gasteiger partial charge in [0.1, 0.15) is 16.6 Å². The topological polar surface area (TPSA) is 41.1 Å². The summed E-state index contributed by atoms with van der Waals surface area (Å²) in [7, 11) is 1.56. The highest BCUT2D eigenvalue weighted by Gasteiger charge is 2.33. The normalized spacial score (nSPS) is 17.0. The molecule has 1 atom stereocenters. The average molecular weight is 393 g/mol. The van der Waals surface area contributed by atoms with Crippen LogP contribution >= 0.6 is 11.3 Å². The highest BCUT2D eigenvalue weighted by Crippen LogP contribution is 2.40. The second kappa shape index (κ2) is 7.04. The van der Waals surface area contributed by atoms with Gasteiger partial charge in [-0.25, -0.2) is 9.37 Å². The lowest BCUT2D eigenvalue weighted by molar-refractivity contribution is 0.198. The maximum absolute atomic E-state index is 15.1. The van der Waals surface area contributed by atoms with Crippen molar-refractivity contribution in [3.63, 3.8) is 0 Å². The molecule has 0 aliphatic carbocycles. The molecule has 0 fully saturated rings. The van der Waals surface area contributed by atoms with Gasteiger partial charge in [0, 0.05) is 46.3 Å². The lowest BCUT2D eigenvalue weighted by atomic mass is 9.92. The minimum atomic E-state index is -0.250. The first kappa shape index (κ1) is 17.4. The Kier molecular flexibility index (Phi) is 4.37. The molecule has 4 aromatic rings. The Balaban J connectivity index is 1.65. The summed E-state index contributed by atoms with van der Waals surface area (Å²) in [4.78, 5) is 10.3. The number of H-pyrrole nitrogens is 1. The van der Waals surface area contributed by atoms with Crippen molar-refractivity contribution in [1.29, 1.82) is 0 Å². The summed E-state index contributed by atoms with van der Waals surface area (Å²) in [5.41, 5.74) is 4.12. The maximum atomic E-state index is 15.1. The zero-order chi connectivity index (χ0) is 19.1. The quantitative estimate of drug-likeness (QED) is 0.535. The van der Waals surface area contributed by atoms with E-state index in [1.165, 1.54) is 17.0 Å². The van der Waals surface area contributed by atoms with Gasteiger partial charge in [0.2, 0.25) is 0 Å². The maximum Gasteiger partial charge on any atom is 0.132 e. The molecule has 0 spiro atoms. The fraction of sp³-hybridized carbons (Fsp3) is 0.227. The number of ether oxygens (including phenoxy) is 1. The van der Waals surface area contributed by atoms with Gasteiger partial charge in [0.05, 0.1) is 19.7 Å². The van der Waals surface area contributed by atoms with Crippen LogP contribution in [0.3, 0.4) is 0 Å². The molecule has 28 heavy (non-hydrogen) atoms. The van der Waals surface area contributed by atoms with Gasteiger partial charge in [0.25, 0.3) is 0 Å². The molecule has 2 aromatic heterocycles. The largest absolute Gasteiger partial charge is 0.497 e. The van der Waals surface area contributed by atoms with Crippen molar-refractivity contribution in [2.75, 3.05) is 13.7 Å². The average Bonchev–Trinajstić information content (AvgIpc) is 3.35. The van der Waals surface area contributed by atoms with E-state index in [0.29, 0.717) is 17.9 Å². The number of aromatic amines is 1. The second-order valence-electron chi connectivity index (χ2n) is 7.00. The number of hydrogen-bond donors (Lipinski definition) is 1. The molecule has 0 amide bonds. The van der Waals surface area contributed by atoms with Crippen molar-refractivity contribution >= 4 is 22.2 Å². The number of halogens is 1. The monoisotopic (exact) mass is 393 g/mol. The smallest absolute Gasteiger partial charge is 0.132 e. The summed E-state index contributed by atoms with van der Waals surface area (Å²) in [6, 6.07) is 13.3. The van der Waals surface area contributed by atoms with E-state index in [9.17, 15) is 0 Å². The van der Waals surface area contributed by atoms with Crippen LogP contribution in [0.1, 0.15) is 27.9 Å². The lowest BCUT2D eigenvalue weighted by Gasteiger charge is -2.35. The fourth-order valence-electron chi connectivity index (χ4n) is 4.17. The molecule has 0 saturated carbocycles. The van der Waals surface area contributed by atoms with Crippen molar-refractivity contribution in [1.82, 2.24) is 14.9 Å². The zero-order valence-electron chi connectivity index (χ0n) is 15.5. The van der Waals surface area contributed by atoms with Crippen LogP contribution in [-0.4, -0.2) is 28.5 Å². The molecule has 4 nitrogen and oxygen atoms in total. The number of hydrogen-bond acceptors (Lipinski definition) is 4. The second-order valence-corrected chi connectivity index (χ2v) is 7.98. The highest BCUT2D eigenvalue weighted by molar-refractivity contribution is 7.09. The first-order chi connectivity index (χ1) is 13.7. The van der Waals surface area contributed by atoms with Crippen molar-refractivity contribution < 1.29 is 9.13 Å². The molecule has 3 heterocycles. The standard InChI is InChI=1S/C22H20FN3OS/c1-27-14-6-7-17(18(23)12-14)22-21-16(15-4-2-3-5-19(15)25-21)8-10-26(22)13-20-24-9-11-28-20/h2-7,9,11-12,22,25H,8,10,13H2,1H3/t22-/m0/s1. The Morgan fingerprint density at radius 1 is 1.29 bits per heavy atom. The van der Waals surface area contributed by atoms with Crippen LogP contribution < -0.4 is 4.74 Å². The minimum absolute atomic E-state index is 0.189. The van der Waals surface area contributed by atoms with Crippen molar-refractivity contribution in [2.45, 2.75) is 19.0 Å². The van der Waals surface area contributed by atoms with E-state index in [1.54, 1.807) is 18.4 Å². The van der Waals surface area contributed by atoms with Crippen LogP contribution in [0.2, 0.25) is 0 Å². The first-order valence-electron chi connectivity index (χ1n) is 9.30. The highest BCUT2D eigenvalue weighted by atomic mass is 32.1. The van der Waals surface area contributed by atoms with Crippen LogP contribution in [0.4, 0.5) is 4.39 Å². The summed E-state index contributed by atoms with van der Waals surface area (Å²) in [6.07, 6.45) is 2.75. The molecule has 0 bridgehead atoms. The van der Waals surface area contributed by atoms with Crippen LogP contribution in [-0.2, 0) is 13.0 Å². The van der Waals surface area contributed by atoms with Crippen molar-refractivity contribution in [2.24, 2.45) is 0 Å². The number of nitrogens with zero attached hydrogens (tertiary/aromatic N) is 2. The van der Waals surface area contributed by atoms with Gasteiger partial charge >= 0.3 is 0 Å². The van der Waals surface area contributed by atoms with Crippen molar-refractivity contribution in [3.8, 4) is 5.75 Å². The van der Waals surface area contributed by atoms with Crippen molar-refractivity contribution in [3.05, 3.63) is 81.7 Å². The molecule has 142 valence electrons. The molecule has 1 N–H and O–H groups in total. The summed E-state index contributed by atoms with van der Waals surface area (Å²) in [5, 5.41) is 4.25. The number of nitrogens with one attached hydrogen (secondary N) is 1. The third-order valence-electron chi connectivity index (χ3n) is 5.46. The minimum Gasteiger partial charge on any atom is -0.497 e. The molecule has 0 radical (unpaired) electrons. The van der Waals surface area contributed by atoms with Gasteiger partial charge in [-0.05, 0) is 24.1 Å². The Hall–Kier alpha value is -2.70. The molecular weight excluding hydrogens is 373 g/mol. The van der Waals surface area contributed by atoms with E-state index in [2.05, 4.69) is 33.1 Å². The number of para-hydroxylation sites is 1. The van der Waals surface area contributed by atoms with Gasteiger partial charge in [-0.15, -0.1) is 11.3 Å². The number of rotatable bonds is 4. The van der Waals surface area contributed by atoms with Gasteiger partial charge < -0.3 is 9.72 Å². The van der Waals surface area contributed by atoms with E-state index in [-0.39, 0.29) is 11.9 Å². The summed E-state index contributed by atoms with van der Waals surface area (Å²) in [6.45, 7) is 1.55. The molecule has 5 rings (SSSR count). The number of benzene rings is 2. The van der Waals surface area contributed by atoms with E-state index in [1.807, 2.05) is 29.8 Å². The zero-order valence-corrected chi connectivity index (χ0v) is 16.3. The molecule has 1 aliphatic heterocycles. The predicted octanol–water partition coefficient (Wildman–Crippen LogP) is 4.92. The number of fused-ring (bicyclic) bond motifs is 3. The Morgan fingerprint density at radius 3 is 2.96 bits per heavy atom. The summed E-state index contributed by atoms with van der Waals surface area (Å²) < 4.78 is 20.3. The van der Waals surface area contributed by atoms with Crippen LogP contribution in [0.25, 0.3) is 10.9 Å². The van der Waals surface area contributed by atoms with Gasteiger partial charge in [-0.1, -0.05) is 24.3 Å². The molecular formula is C22H20FN3OS. The number of thiazole rings is 1. The van der Waals surface area contributed by atoms with Gasteiger partial charge in [-0.2, -0.15) is 0 Å². The number of aromatic nitrogens is 2. The molecule has 2 aromatic carbocycles. The molecule has 0 unspecified atom stereocenters. The van der Waals surface area contributed by atoms with E-state index in [0.717, 1.165) is 29.2 Å². The lowest BCUT2D eigenvalue weighted by Crippen LogP contribution is -2.36. The van der Waals surface area contributed by atoms with Gasteiger partial charge in [0.15, 0.2) is 0 Å². The Labute approximate surface area is 166 Å². The van der Waals surface area contributed by atoms with Crippen LogP contribution in [0.5, 0.6) is 5.75 Å². The summed E-state index contributed by atoms with van der Waals surface area (Å²) in [5.74, 6) is 0.278. The SMILES string of the molecule is COc1ccc([C@H]2c3[nH]c4ccccc4c3CCN2Cc2nccs2)c(F)c1. The van der Waals surface area contributed by atoms with E-state index in [4.69, 9.17) is 4.74 Å². The summed E-state index contributed by atoms with van der Waals surface area (Å²) >= 11 is 1.63.